The highest BCUT2D eigenvalue weighted by molar-refractivity contribution is 5.41. The molecule has 2 rings (SSSR count). The number of halogens is 3. The fourth-order valence-electron chi connectivity index (χ4n) is 2.58. The van der Waals surface area contributed by atoms with Crippen molar-refractivity contribution in [3.63, 3.8) is 0 Å². The molecular weight excluding hydrogens is 285 g/mol. The van der Waals surface area contributed by atoms with Crippen LogP contribution in [0.3, 0.4) is 0 Å². The van der Waals surface area contributed by atoms with Crippen molar-refractivity contribution in [1.29, 1.82) is 0 Å². The number of alkyl halides is 3. The van der Waals surface area contributed by atoms with Crippen LogP contribution in [0.5, 0.6) is 11.5 Å². The maximum atomic E-state index is 12.9. The third kappa shape index (κ3) is 4.25. The lowest BCUT2D eigenvalue weighted by Crippen LogP contribution is -2.46. The first kappa shape index (κ1) is 15.9. The Hall–Kier alpha value is -1.47. The molecule has 0 aromatic heterocycles. The van der Waals surface area contributed by atoms with Crippen molar-refractivity contribution < 1.29 is 23.0 Å². The number of hydrogen-bond donors (Lipinski definition) is 2. The lowest BCUT2D eigenvalue weighted by atomic mass is 9.99. The van der Waals surface area contributed by atoms with E-state index in [2.05, 4.69) is 5.32 Å². The topological polar surface area (TPSA) is 44.7 Å². The van der Waals surface area contributed by atoms with E-state index in [4.69, 9.17) is 4.74 Å². The number of phenols is 1. The Morgan fingerprint density at radius 1 is 1.33 bits per heavy atom. The first-order chi connectivity index (χ1) is 9.90. The summed E-state index contributed by atoms with van der Waals surface area (Å²) in [5, 5.41) is 13.1. The molecule has 1 fully saturated rings. The minimum absolute atomic E-state index is 0.165. The lowest BCUT2D eigenvalue weighted by Gasteiger charge is -2.36. The molecule has 0 spiro atoms. The number of methoxy groups -OCH3 is 1. The van der Waals surface area contributed by atoms with Gasteiger partial charge in [-0.3, -0.25) is 4.90 Å². The Balaban J connectivity index is 2.29. The van der Waals surface area contributed by atoms with Crippen LogP contribution in [0, 0.1) is 0 Å². The highest BCUT2D eigenvalue weighted by atomic mass is 19.4. The quantitative estimate of drug-likeness (QED) is 0.896. The molecule has 1 heterocycles. The SMILES string of the molecule is COc1ccc([C@H](CC(F)(F)F)N2CCNCC2)c(O)c1. The smallest absolute Gasteiger partial charge is 0.390 e. The number of aromatic hydroxyl groups is 1. The summed E-state index contributed by atoms with van der Waals surface area (Å²) in [6, 6.07) is 3.55. The molecule has 7 heteroatoms. The van der Waals surface area contributed by atoms with Gasteiger partial charge in [-0.15, -0.1) is 0 Å². The number of rotatable bonds is 4. The molecule has 0 bridgehead atoms. The van der Waals surface area contributed by atoms with Gasteiger partial charge in [-0.25, -0.2) is 0 Å². The van der Waals surface area contributed by atoms with Crippen molar-refractivity contribution in [1.82, 2.24) is 10.2 Å². The van der Waals surface area contributed by atoms with Gasteiger partial charge in [0.15, 0.2) is 0 Å². The van der Waals surface area contributed by atoms with Crippen LogP contribution in [0.15, 0.2) is 18.2 Å². The average Bonchev–Trinajstić information content (AvgIpc) is 2.45. The third-order valence-corrected chi connectivity index (χ3v) is 3.61. The molecular formula is C14H19F3N2O2. The van der Waals surface area contributed by atoms with Gasteiger partial charge in [0.2, 0.25) is 0 Å². The second-order valence-corrected chi connectivity index (χ2v) is 5.05. The molecule has 1 aliphatic rings. The van der Waals surface area contributed by atoms with E-state index in [1.54, 1.807) is 11.0 Å². The number of benzene rings is 1. The maximum absolute atomic E-state index is 12.9. The van der Waals surface area contributed by atoms with Crippen LogP contribution in [0.25, 0.3) is 0 Å². The van der Waals surface area contributed by atoms with E-state index in [0.717, 1.165) is 0 Å². The molecule has 0 unspecified atom stereocenters. The molecule has 0 radical (unpaired) electrons. The Bertz CT molecular complexity index is 474. The van der Waals surface area contributed by atoms with E-state index in [0.29, 0.717) is 31.9 Å². The van der Waals surface area contributed by atoms with Crippen molar-refractivity contribution in [3.8, 4) is 11.5 Å². The summed E-state index contributed by atoms with van der Waals surface area (Å²) in [6.45, 7) is 2.33. The minimum Gasteiger partial charge on any atom is -0.507 e. The summed E-state index contributed by atoms with van der Waals surface area (Å²) in [4.78, 5) is 1.76. The first-order valence-electron chi connectivity index (χ1n) is 6.79. The van der Waals surface area contributed by atoms with Crippen LogP contribution < -0.4 is 10.1 Å². The molecule has 21 heavy (non-hydrogen) atoms. The second kappa shape index (κ2) is 6.53. The summed E-state index contributed by atoms with van der Waals surface area (Å²) in [5.74, 6) is 0.254. The van der Waals surface area contributed by atoms with Crippen LogP contribution in [0.2, 0.25) is 0 Å². The van der Waals surface area contributed by atoms with Crippen molar-refractivity contribution in [2.75, 3.05) is 33.3 Å². The number of nitrogens with zero attached hydrogens (tertiary/aromatic N) is 1. The van der Waals surface area contributed by atoms with Crippen LogP contribution in [0.4, 0.5) is 13.2 Å². The molecule has 1 atom stereocenters. The number of phenolic OH excluding ortho intramolecular Hbond substituents is 1. The second-order valence-electron chi connectivity index (χ2n) is 5.05. The Labute approximate surface area is 121 Å². The van der Waals surface area contributed by atoms with E-state index < -0.39 is 18.6 Å². The van der Waals surface area contributed by atoms with Crippen LogP contribution in [0.1, 0.15) is 18.0 Å². The van der Waals surface area contributed by atoms with Gasteiger partial charge < -0.3 is 15.2 Å². The standard InChI is InChI=1S/C14H19F3N2O2/c1-21-10-2-3-11(13(20)8-10)12(9-14(15,16)17)19-6-4-18-5-7-19/h2-3,8,12,18,20H,4-7,9H2,1H3/t12-/m0/s1. The Morgan fingerprint density at radius 3 is 2.52 bits per heavy atom. The summed E-state index contributed by atoms with van der Waals surface area (Å²) >= 11 is 0. The monoisotopic (exact) mass is 304 g/mol. The Kier molecular flexibility index (Phi) is 4.95. The van der Waals surface area contributed by atoms with Crippen molar-refractivity contribution in [3.05, 3.63) is 23.8 Å². The summed E-state index contributed by atoms with van der Waals surface area (Å²) in [6.07, 6.45) is -5.27. The van der Waals surface area contributed by atoms with Gasteiger partial charge in [-0.05, 0) is 6.07 Å². The predicted molar refractivity (Wildman–Crippen MR) is 72.5 cm³/mol. The Morgan fingerprint density at radius 2 is 2.00 bits per heavy atom. The van der Waals surface area contributed by atoms with E-state index >= 15 is 0 Å². The minimum atomic E-state index is -4.29. The van der Waals surface area contributed by atoms with E-state index in [1.165, 1.54) is 19.2 Å². The number of nitrogens with one attached hydrogen (secondary N) is 1. The highest BCUT2D eigenvalue weighted by Gasteiger charge is 2.37. The normalized spacial score (nSPS) is 18.5. The molecule has 1 aromatic carbocycles. The van der Waals surface area contributed by atoms with Gasteiger partial charge in [0.25, 0.3) is 0 Å². The molecule has 0 saturated carbocycles. The predicted octanol–water partition coefficient (Wildman–Crippen LogP) is 2.30. The van der Waals surface area contributed by atoms with Crippen molar-refractivity contribution >= 4 is 0 Å². The highest BCUT2D eigenvalue weighted by Crippen LogP contribution is 2.38. The third-order valence-electron chi connectivity index (χ3n) is 3.61. The van der Waals surface area contributed by atoms with Crippen LogP contribution >= 0.6 is 0 Å². The van der Waals surface area contributed by atoms with Gasteiger partial charge in [0, 0.05) is 43.9 Å². The molecule has 1 aromatic rings. The molecule has 0 amide bonds. The summed E-state index contributed by atoms with van der Waals surface area (Å²) in [5.41, 5.74) is 0.287. The van der Waals surface area contributed by atoms with Gasteiger partial charge in [0.1, 0.15) is 11.5 Å². The van der Waals surface area contributed by atoms with Crippen molar-refractivity contribution in [2.45, 2.75) is 18.6 Å². The van der Waals surface area contributed by atoms with Gasteiger partial charge in [0.05, 0.1) is 13.5 Å². The zero-order chi connectivity index (χ0) is 15.5. The molecule has 1 aliphatic heterocycles. The average molecular weight is 304 g/mol. The van der Waals surface area contributed by atoms with Crippen molar-refractivity contribution in [2.24, 2.45) is 0 Å². The number of piperazine rings is 1. The first-order valence-corrected chi connectivity index (χ1v) is 6.79. The van der Waals surface area contributed by atoms with Gasteiger partial charge >= 0.3 is 6.18 Å². The zero-order valence-corrected chi connectivity index (χ0v) is 11.8. The molecule has 1 saturated heterocycles. The fraction of sp³-hybridized carbons (Fsp3) is 0.571. The lowest BCUT2D eigenvalue weighted by molar-refractivity contribution is -0.148. The van der Waals surface area contributed by atoms with E-state index in [-0.39, 0.29) is 11.3 Å². The van der Waals surface area contributed by atoms with Crippen LogP contribution in [-0.4, -0.2) is 49.5 Å². The number of hydrogen-bond acceptors (Lipinski definition) is 4. The largest absolute Gasteiger partial charge is 0.507 e. The van der Waals surface area contributed by atoms with E-state index in [1.807, 2.05) is 0 Å². The van der Waals surface area contributed by atoms with Crippen LogP contribution in [-0.2, 0) is 0 Å². The maximum Gasteiger partial charge on any atom is 0.390 e. The molecule has 0 aliphatic carbocycles. The summed E-state index contributed by atoms with van der Waals surface area (Å²) in [7, 11) is 1.44. The van der Waals surface area contributed by atoms with Gasteiger partial charge in [-0.2, -0.15) is 13.2 Å². The van der Waals surface area contributed by atoms with E-state index in [9.17, 15) is 18.3 Å². The summed E-state index contributed by atoms with van der Waals surface area (Å²) < 4.78 is 43.6. The molecule has 2 N–H and O–H groups in total. The molecule has 118 valence electrons. The zero-order valence-electron chi connectivity index (χ0n) is 11.8. The number of ether oxygens (including phenoxy) is 1. The van der Waals surface area contributed by atoms with Gasteiger partial charge in [-0.1, -0.05) is 6.07 Å². The molecule has 4 nitrogen and oxygen atoms in total. The fourth-order valence-corrected chi connectivity index (χ4v) is 2.58.